The van der Waals surface area contributed by atoms with Crippen molar-refractivity contribution < 1.29 is 33.1 Å². The van der Waals surface area contributed by atoms with Gasteiger partial charge in [0.25, 0.3) is 11.8 Å². The molecule has 3 N–H and O–H groups in total. The van der Waals surface area contributed by atoms with Crippen molar-refractivity contribution in [1.82, 2.24) is 20.9 Å². The Labute approximate surface area is 257 Å². The van der Waals surface area contributed by atoms with Crippen LogP contribution in [0.1, 0.15) is 95.2 Å². The van der Waals surface area contributed by atoms with Gasteiger partial charge in [-0.25, -0.2) is 14.2 Å². The first-order chi connectivity index (χ1) is 20.5. The monoisotopic (exact) mass is 618 g/mol. The average Bonchev–Trinajstić information content (AvgIpc) is 2.96. The minimum absolute atomic E-state index is 0.105. The number of halogens is 1. The van der Waals surface area contributed by atoms with E-state index in [2.05, 4.69) is 27.9 Å². The highest BCUT2D eigenvalue weighted by molar-refractivity contribution is 8.13. The highest BCUT2D eigenvalue weighted by Crippen LogP contribution is 2.15. The highest BCUT2D eigenvalue weighted by atomic mass is 32.2. The maximum atomic E-state index is 14.4. The number of amides is 3. The molecule has 12 heteroatoms. The molecule has 0 radical (unpaired) electrons. The van der Waals surface area contributed by atoms with Crippen LogP contribution >= 0.6 is 11.8 Å². The zero-order valence-electron chi connectivity index (χ0n) is 25.4. The number of thioether (sulfide) groups is 1. The smallest absolute Gasteiger partial charge is 0.329 e. The quantitative estimate of drug-likeness (QED) is 0.142. The van der Waals surface area contributed by atoms with E-state index in [0.717, 1.165) is 31.7 Å². The predicted octanol–water partition coefficient (Wildman–Crippen LogP) is 4.49. The third-order valence-corrected chi connectivity index (χ3v) is 7.58. The number of nitrogens with one attached hydrogen (secondary N) is 3. The summed E-state index contributed by atoms with van der Waals surface area (Å²) in [7, 11) is 0. The molecule has 0 unspecified atom stereocenters. The predicted molar refractivity (Wildman–Crippen MR) is 163 cm³/mol. The second-order valence-electron chi connectivity index (χ2n) is 10.5. The van der Waals surface area contributed by atoms with Crippen molar-refractivity contribution in [3.8, 4) is 0 Å². The second-order valence-corrected chi connectivity index (χ2v) is 11.7. The minimum atomic E-state index is -1.10. The molecule has 1 aliphatic heterocycles. The summed E-state index contributed by atoms with van der Waals surface area (Å²) >= 11 is 1.26. The Morgan fingerprint density at radius 2 is 1.88 bits per heavy atom. The van der Waals surface area contributed by atoms with Crippen LogP contribution in [0, 0.1) is 11.7 Å². The Hall–Kier alpha value is -3.54. The largest absolute Gasteiger partial charge is 0.456 e. The van der Waals surface area contributed by atoms with Crippen molar-refractivity contribution in [2.24, 2.45) is 5.92 Å². The van der Waals surface area contributed by atoms with Crippen molar-refractivity contribution in [2.75, 3.05) is 5.75 Å². The summed E-state index contributed by atoms with van der Waals surface area (Å²) < 4.78 is 20.1. The number of cyclic esters (lactones) is 1. The van der Waals surface area contributed by atoms with Gasteiger partial charge in [0.2, 0.25) is 5.91 Å². The molecule has 0 aliphatic carbocycles. The zero-order valence-corrected chi connectivity index (χ0v) is 26.2. The SMILES string of the molecule is C/C=C1\NC(=O)c2nc(ccc2F)CNC(=O)C[C@@H](/C=C/CCSC(=O)CCCCCCC)OC(=O)[C@H](C(C)C)NC1=O. The Balaban J connectivity index is 2.17. The number of rotatable bonds is 11. The van der Waals surface area contributed by atoms with E-state index in [1.807, 2.05) is 0 Å². The van der Waals surface area contributed by atoms with Crippen LogP contribution in [0.25, 0.3) is 0 Å². The fourth-order valence-electron chi connectivity index (χ4n) is 4.15. The minimum Gasteiger partial charge on any atom is -0.456 e. The maximum absolute atomic E-state index is 14.4. The van der Waals surface area contributed by atoms with E-state index in [-0.39, 0.29) is 29.5 Å². The Morgan fingerprint density at radius 1 is 1.14 bits per heavy atom. The molecule has 0 saturated carbocycles. The summed E-state index contributed by atoms with van der Waals surface area (Å²) in [6.07, 6.45) is 9.99. The van der Waals surface area contributed by atoms with Crippen LogP contribution in [0.15, 0.2) is 36.1 Å². The van der Waals surface area contributed by atoms with Crippen LogP contribution < -0.4 is 16.0 Å². The van der Waals surface area contributed by atoms with Gasteiger partial charge in [-0.15, -0.1) is 0 Å². The number of nitrogens with zero attached hydrogens (tertiary/aromatic N) is 1. The van der Waals surface area contributed by atoms with E-state index in [4.69, 9.17) is 4.74 Å². The van der Waals surface area contributed by atoms with Crippen LogP contribution in [0.3, 0.4) is 0 Å². The molecular formula is C31H43FN4O6S. The van der Waals surface area contributed by atoms with E-state index < -0.39 is 53.3 Å². The highest BCUT2D eigenvalue weighted by Gasteiger charge is 2.30. The molecule has 0 aromatic carbocycles. The Morgan fingerprint density at radius 3 is 2.58 bits per heavy atom. The van der Waals surface area contributed by atoms with Gasteiger partial charge in [0, 0.05) is 12.2 Å². The molecule has 0 spiro atoms. The summed E-state index contributed by atoms with van der Waals surface area (Å²) in [6.45, 7) is 6.96. The maximum Gasteiger partial charge on any atom is 0.329 e. The average molecular weight is 619 g/mol. The Kier molecular flexibility index (Phi) is 15.7. The summed E-state index contributed by atoms with van der Waals surface area (Å²) in [5, 5.41) is 7.70. The van der Waals surface area contributed by atoms with Gasteiger partial charge >= 0.3 is 5.97 Å². The molecule has 2 rings (SSSR count). The number of unbranched alkanes of at least 4 members (excludes halogenated alkanes) is 4. The first kappa shape index (κ1) is 35.7. The van der Waals surface area contributed by atoms with Crippen molar-refractivity contribution in [3.63, 3.8) is 0 Å². The fourth-order valence-corrected chi connectivity index (χ4v) is 4.92. The van der Waals surface area contributed by atoms with Gasteiger partial charge in [-0.05, 0) is 43.9 Å². The molecular weight excluding hydrogens is 575 g/mol. The molecule has 3 amide bonds. The van der Waals surface area contributed by atoms with Gasteiger partial charge < -0.3 is 20.7 Å². The van der Waals surface area contributed by atoms with E-state index in [9.17, 15) is 28.4 Å². The van der Waals surface area contributed by atoms with Crippen molar-refractivity contribution in [1.29, 1.82) is 0 Å². The lowest BCUT2D eigenvalue weighted by Crippen LogP contribution is -2.48. The summed E-state index contributed by atoms with van der Waals surface area (Å²) in [6, 6.07) is 1.28. The van der Waals surface area contributed by atoms with Crippen LogP contribution in [0.4, 0.5) is 4.39 Å². The van der Waals surface area contributed by atoms with Gasteiger partial charge in [0.15, 0.2) is 16.6 Å². The lowest BCUT2D eigenvalue weighted by molar-refractivity contribution is -0.153. The molecule has 43 heavy (non-hydrogen) atoms. The second kappa shape index (κ2) is 18.9. The standard InChI is InChI=1S/C31H43FN4O6S/c1-5-7-8-9-10-14-26(38)43-17-12-11-13-22-18-25(37)33-19-21-15-16-23(32)28(34-21)30(40)35-24(6-2)29(39)36-27(20(3)4)31(41)42-22/h6,11,13,15-16,20,22,27H,5,7-10,12,14,17-19H2,1-4H3,(H,33,37)(H,35,40)(H,36,39)/b13-11+,24-6-/t22-,27+/m1/s1. The van der Waals surface area contributed by atoms with Crippen LogP contribution in [-0.4, -0.2) is 51.7 Å². The number of hydrogen-bond donors (Lipinski definition) is 3. The van der Waals surface area contributed by atoms with Gasteiger partial charge in [0.05, 0.1) is 18.7 Å². The van der Waals surface area contributed by atoms with E-state index in [1.54, 1.807) is 26.0 Å². The number of allylic oxidation sites excluding steroid dienone is 2. The molecule has 0 fully saturated rings. The molecule has 2 heterocycles. The fraction of sp³-hybridized carbons (Fsp3) is 0.548. The van der Waals surface area contributed by atoms with Crippen LogP contribution in [0.5, 0.6) is 0 Å². The molecule has 1 aromatic rings. The lowest BCUT2D eigenvalue weighted by atomic mass is 10.0. The number of hydrogen-bond acceptors (Lipinski definition) is 8. The van der Waals surface area contributed by atoms with Gasteiger partial charge in [-0.3, -0.25) is 19.2 Å². The number of aromatic nitrogens is 1. The summed E-state index contributed by atoms with van der Waals surface area (Å²) in [4.78, 5) is 67.8. The van der Waals surface area contributed by atoms with Crippen LogP contribution in [0.2, 0.25) is 0 Å². The van der Waals surface area contributed by atoms with E-state index in [1.165, 1.54) is 37.2 Å². The number of ether oxygens (including phenoxy) is 1. The first-order valence-corrected chi connectivity index (χ1v) is 15.8. The Bertz CT molecular complexity index is 1200. The van der Waals surface area contributed by atoms with Gasteiger partial charge in [0.1, 0.15) is 17.8 Å². The molecule has 2 atom stereocenters. The van der Waals surface area contributed by atoms with Crippen molar-refractivity contribution >= 4 is 40.6 Å². The number of carbonyl (C=O) groups excluding carboxylic acids is 5. The normalized spacial score (nSPS) is 19.7. The van der Waals surface area contributed by atoms with Gasteiger partial charge in [-0.1, -0.05) is 70.4 Å². The van der Waals surface area contributed by atoms with E-state index in [0.29, 0.717) is 18.6 Å². The van der Waals surface area contributed by atoms with Crippen LogP contribution in [-0.2, 0) is 30.5 Å². The topological polar surface area (TPSA) is 144 Å². The first-order valence-electron chi connectivity index (χ1n) is 14.8. The molecule has 1 aromatic heterocycles. The molecule has 0 saturated heterocycles. The van der Waals surface area contributed by atoms with Crippen molar-refractivity contribution in [2.45, 2.75) is 97.8 Å². The molecule has 10 nitrogen and oxygen atoms in total. The third kappa shape index (κ3) is 12.7. The number of carbonyl (C=O) groups is 5. The number of fused-ring (bicyclic) bond motifs is 2. The number of pyridine rings is 1. The summed E-state index contributed by atoms with van der Waals surface area (Å²) in [5.74, 6) is -3.70. The molecule has 2 bridgehead atoms. The molecule has 1 aliphatic rings. The van der Waals surface area contributed by atoms with Gasteiger partial charge in [-0.2, -0.15) is 0 Å². The third-order valence-electron chi connectivity index (χ3n) is 6.61. The van der Waals surface area contributed by atoms with E-state index >= 15 is 0 Å². The zero-order chi connectivity index (χ0) is 31.8. The van der Waals surface area contributed by atoms with Crippen molar-refractivity contribution in [3.05, 3.63) is 53.3 Å². The molecule has 236 valence electrons. The number of esters is 1. The lowest BCUT2D eigenvalue weighted by Gasteiger charge is -2.24. The summed E-state index contributed by atoms with van der Waals surface area (Å²) in [5.41, 5.74) is -0.520.